The van der Waals surface area contributed by atoms with Crippen molar-refractivity contribution in [1.29, 1.82) is 10.5 Å². The maximum absolute atomic E-state index is 12.4. The van der Waals surface area contributed by atoms with Gasteiger partial charge in [0.25, 0.3) is 0 Å². The van der Waals surface area contributed by atoms with Crippen LogP contribution in [0.3, 0.4) is 0 Å². The number of thiophene rings is 1. The molecule has 0 atom stereocenters. The molecule has 74 heavy (non-hydrogen) atoms. The van der Waals surface area contributed by atoms with Crippen LogP contribution >= 0.6 is 11.3 Å². The number of benzene rings is 5. The number of rotatable bonds is 14. The van der Waals surface area contributed by atoms with E-state index < -0.39 is 71.1 Å². The number of anilines is 5. The Balaban J connectivity index is 0.00000361. The number of nitrogens with zero attached hydrogens (tertiary/aromatic N) is 7. The van der Waals surface area contributed by atoms with E-state index in [2.05, 4.69) is 41.4 Å². The third kappa shape index (κ3) is 14.4. The van der Waals surface area contributed by atoms with Crippen molar-refractivity contribution < 1.29 is 132 Å². The molecule has 0 aliphatic carbocycles. The predicted molar refractivity (Wildman–Crippen MR) is 246 cm³/mol. The Morgan fingerprint density at radius 1 is 0.581 bits per heavy atom. The summed E-state index contributed by atoms with van der Waals surface area (Å²) in [7, 11) is -20.2. The molecule has 0 aliphatic rings. The van der Waals surface area contributed by atoms with Crippen LogP contribution in [-0.4, -0.2) is 62.8 Å². The second kappa shape index (κ2) is 24.9. The van der Waals surface area contributed by atoms with E-state index in [0.717, 1.165) is 54.6 Å². The average molecular weight is 1070 g/mol. The SMILES string of the molecule is CC(=O)Nc1ccc(-c2c(N=Nc3cc(S(=O)(=O)[O-])c4cccc(S(=O)(=O)[O-])c4c3)sc(N=Nc3c(Nc4ccc(S(=O)(=O)[O-])cc4)nc(Nc4ccc(S(=O)(=O)[O-])cc4)c(C#N)c3C)c2C#N)cc1.[Li+].[Li+].[Li+].[Li+]. The Bertz CT molecular complexity index is 3930. The summed E-state index contributed by atoms with van der Waals surface area (Å²) in [5.41, 5.74) is 0.330. The maximum Gasteiger partial charge on any atom is 1.00 e. The van der Waals surface area contributed by atoms with E-state index in [4.69, 9.17) is 0 Å². The van der Waals surface area contributed by atoms with Gasteiger partial charge >= 0.3 is 75.4 Å². The molecular formula is C42H26Li4N10O13S5. The van der Waals surface area contributed by atoms with Crippen molar-refractivity contribution in [3.8, 4) is 23.3 Å². The molecule has 0 aliphatic heterocycles. The van der Waals surface area contributed by atoms with Crippen molar-refractivity contribution in [3.63, 3.8) is 0 Å². The molecule has 1 amide bonds. The van der Waals surface area contributed by atoms with Gasteiger partial charge < -0.3 is 34.2 Å². The average Bonchev–Trinajstić information content (AvgIpc) is 3.64. The van der Waals surface area contributed by atoms with Gasteiger partial charge in [0.15, 0.2) is 16.6 Å². The van der Waals surface area contributed by atoms with Gasteiger partial charge in [0.1, 0.15) is 68.9 Å². The second-order valence-electron chi connectivity index (χ2n) is 14.4. The molecular weight excluding hydrogens is 1040 g/mol. The molecule has 0 fully saturated rings. The zero-order chi connectivity index (χ0) is 50.9. The molecule has 7 rings (SSSR count). The molecule has 23 nitrogen and oxygen atoms in total. The topological polar surface area (TPSA) is 392 Å². The Morgan fingerprint density at radius 2 is 1.08 bits per heavy atom. The zero-order valence-electron chi connectivity index (χ0n) is 39.3. The minimum atomic E-state index is -5.31. The van der Waals surface area contributed by atoms with Gasteiger partial charge in [-0.05, 0) is 91.3 Å². The van der Waals surface area contributed by atoms with E-state index in [1.165, 1.54) is 62.4 Å². The monoisotopic (exact) mass is 1070 g/mol. The second-order valence-corrected chi connectivity index (χ2v) is 20.8. The predicted octanol–water partition coefficient (Wildman–Crippen LogP) is -4.08. The van der Waals surface area contributed by atoms with E-state index in [1.807, 2.05) is 12.1 Å². The van der Waals surface area contributed by atoms with Crippen LogP contribution in [0.4, 0.5) is 50.1 Å². The smallest absolute Gasteiger partial charge is 0.744 e. The van der Waals surface area contributed by atoms with Crippen molar-refractivity contribution in [3.05, 3.63) is 120 Å². The summed E-state index contributed by atoms with van der Waals surface area (Å²) in [6.07, 6.45) is 0. The maximum atomic E-state index is 12.4. The van der Waals surface area contributed by atoms with E-state index in [9.17, 15) is 67.2 Å². The normalized spacial score (nSPS) is 11.6. The van der Waals surface area contributed by atoms with Gasteiger partial charge in [-0.3, -0.25) is 4.79 Å². The summed E-state index contributed by atoms with van der Waals surface area (Å²) in [6.45, 7) is 2.74. The Morgan fingerprint density at radius 3 is 1.57 bits per heavy atom. The van der Waals surface area contributed by atoms with Crippen molar-refractivity contribution in [2.24, 2.45) is 20.5 Å². The van der Waals surface area contributed by atoms with Crippen LogP contribution < -0.4 is 91.4 Å². The van der Waals surface area contributed by atoms with Gasteiger partial charge in [0, 0.05) is 45.9 Å². The van der Waals surface area contributed by atoms with E-state index >= 15 is 0 Å². The van der Waals surface area contributed by atoms with E-state index in [0.29, 0.717) is 22.6 Å². The summed E-state index contributed by atoms with van der Waals surface area (Å²) in [4.78, 5) is 13.4. The summed E-state index contributed by atoms with van der Waals surface area (Å²) in [6, 6.07) is 24.0. The van der Waals surface area contributed by atoms with Crippen LogP contribution in [0.1, 0.15) is 23.6 Å². The fourth-order valence-corrected chi connectivity index (χ4v) is 9.90. The van der Waals surface area contributed by atoms with Crippen LogP contribution in [0.25, 0.3) is 21.9 Å². The van der Waals surface area contributed by atoms with Crippen molar-refractivity contribution in [2.45, 2.75) is 33.4 Å². The molecule has 0 radical (unpaired) electrons. The fraction of sp³-hybridized carbons (Fsp3) is 0.0476. The van der Waals surface area contributed by atoms with Crippen LogP contribution in [-0.2, 0) is 45.3 Å². The number of aromatic nitrogens is 1. The van der Waals surface area contributed by atoms with Crippen LogP contribution in [0.2, 0.25) is 0 Å². The standard InChI is InChI=1S/C42H30N10O13S5.4Li/c1-22-33(20-43)39(46-26-10-14-29(15-11-26)67(54,55)56)48-40(47-27-12-16-30(17-13-27)68(57,58)59)38(22)50-51-41-34(21-44)37(24-6-8-25(9-7-24)45-23(2)53)42(66-41)52-49-28-18-32-31(36(19-28)70(63,64)65)4-3-5-35(32)69(60,61)62;;;;/h3-19H,1-2H3,(H,45,53)(H2,46,47,48)(H,54,55,56)(H,57,58,59)(H,60,61,62)(H,63,64,65);;;;/q;4*+1/p-4. The van der Waals surface area contributed by atoms with E-state index in [1.54, 1.807) is 0 Å². The van der Waals surface area contributed by atoms with Crippen molar-refractivity contribution in [2.75, 3.05) is 16.0 Å². The van der Waals surface area contributed by atoms with Crippen molar-refractivity contribution in [1.82, 2.24) is 4.98 Å². The van der Waals surface area contributed by atoms with Crippen molar-refractivity contribution >= 4 is 119 Å². The molecule has 2 heterocycles. The van der Waals surface area contributed by atoms with Crippen LogP contribution in [0, 0.1) is 29.6 Å². The first kappa shape index (κ1) is 62.8. The third-order valence-electron chi connectivity index (χ3n) is 9.75. The minimum Gasteiger partial charge on any atom is -0.744 e. The van der Waals surface area contributed by atoms with Gasteiger partial charge in [-0.2, -0.15) is 10.5 Å². The fourth-order valence-electron chi connectivity index (χ4n) is 6.65. The van der Waals surface area contributed by atoms with Gasteiger partial charge in [0.2, 0.25) is 5.91 Å². The number of fused-ring (bicyclic) bond motifs is 1. The Kier molecular flexibility index (Phi) is 21.1. The van der Waals surface area contributed by atoms with E-state index in [-0.39, 0.29) is 148 Å². The number of hydrogen-bond acceptors (Lipinski definition) is 23. The zero-order valence-corrected chi connectivity index (χ0v) is 43.4. The minimum absolute atomic E-state index is 0. The number of nitriles is 2. The number of nitrogens with one attached hydrogen (secondary N) is 3. The van der Waals surface area contributed by atoms with Gasteiger partial charge in [-0.1, -0.05) is 35.6 Å². The number of amides is 1. The molecule has 0 bridgehead atoms. The number of carbonyl (C=O) groups excluding carboxylic acids is 1. The first-order valence-corrected chi connectivity index (χ1v) is 25.7. The Hall–Kier alpha value is -5.51. The molecule has 0 unspecified atom stereocenters. The van der Waals surface area contributed by atoms with Crippen LogP contribution in [0.15, 0.2) is 143 Å². The number of hydrogen-bond donors (Lipinski definition) is 3. The largest absolute Gasteiger partial charge is 1.00 e. The third-order valence-corrected chi connectivity index (χ3v) is 14.2. The molecule has 3 N–H and O–H groups in total. The number of pyridine rings is 1. The Labute approximate surface area is 474 Å². The summed E-state index contributed by atoms with van der Waals surface area (Å²) in [5, 5.41) is 45.4. The quantitative estimate of drug-likeness (QED) is 0.0530. The molecule has 356 valence electrons. The van der Waals surface area contributed by atoms with Gasteiger partial charge in [0.05, 0.1) is 30.8 Å². The first-order valence-electron chi connectivity index (χ1n) is 19.2. The van der Waals surface area contributed by atoms with Gasteiger partial charge in [-0.25, -0.2) is 38.7 Å². The first-order chi connectivity index (χ1) is 32.8. The van der Waals surface area contributed by atoms with Gasteiger partial charge in [-0.15, -0.1) is 20.5 Å². The summed E-state index contributed by atoms with van der Waals surface area (Å²) >= 11 is 0.708. The molecule has 0 saturated carbocycles. The van der Waals surface area contributed by atoms with Crippen LogP contribution in [0.5, 0.6) is 0 Å². The molecule has 32 heteroatoms. The molecule has 7 aromatic rings. The molecule has 0 spiro atoms. The summed E-state index contributed by atoms with van der Waals surface area (Å²) in [5.74, 6) is -0.661. The summed E-state index contributed by atoms with van der Waals surface area (Å²) < 4.78 is 143. The number of carbonyl (C=O) groups is 1. The molecule has 2 aromatic heterocycles. The molecule has 0 saturated heterocycles. The molecule has 5 aromatic carbocycles. The number of azo groups is 2.